The number of hydrogen-bond donors (Lipinski definition) is 0. The summed E-state index contributed by atoms with van der Waals surface area (Å²) in [5, 5.41) is 0. The first-order valence-electron chi connectivity index (χ1n) is 5.14. The van der Waals surface area contributed by atoms with Crippen LogP contribution in [-0.2, 0) is 0 Å². The second kappa shape index (κ2) is 5.00. The number of aromatic nitrogens is 1. The molecule has 0 unspecified atom stereocenters. The molecule has 0 fully saturated rings. The van der Waals surface area contributed by atoms with Crippen LogP contribution in [0.15, 0.2) is 24.5 Å². The number of nitrogens with zero attached hydrogens (tertiary/aromatic N) is 1. The third-order valence-electron chi connectivity index (χ3n) is 2.73. The predicted molar refractivity (Wildman–Crippen MR) is 56.7 cm³/mol. The maximum atomic E-state index is 4.03. The van der Waals surface area contributed by atoms with Gasteiger partial charge in [-0.2, -0.15) is 0 Å². The van der Waals surface area contributed by atoms with Crippen LogP contribution < -0.4 is 0 Å². The molecule has 1 nitrogen and oxygen atoms in total. The molecule has 2 atom stereocenters. The van der Waals surface area contributed by atoms with Crippen molar-refractivity contribution in [3.05, 3.63) is 30.1 Å². The van der Waals surface area contributed by atoms with Gasteiger partial charge in [0.15, 0.2) is 0 Å². The lowest BCUT2D eigenvalue weighted by atomic mass is 9.90. The smallest absolute Gasteiger partial charge is 0.0270 e. The lowest BCUT2D eigenvalue weighted by molar-refractivity contribution is 0.471. The average Bonchev–Trinajstić information content (AvgIpc) is 2.19. The fourth-order valence-corrected chi connectivity index (χ4v) is 1.60. The van der Waals surface area contributed by atoms with Gasteiger partial charge >= 0.3 is 0 Å². The van der Waals surface area contributed by atoms with Gasteiger partial charge in [-0.25, -0.2) is 0 Å². The Morgan fingerprint density at radius 1 is 1.23 bits per heavy atom. The first-order chi connectivity index (χ1) is 6.24. The van der Waals surface area contributed by atoms with Gasteiger partial charge in [0.2, 0.25) is 0 Å². The third kappa shape index (κ3) is 3.17. The zero-order valence-electron chi connectivity index (χ0n) is 8.83. The van der Waals surface area contributed by atoms with Crippen LogP contribution in [0.5, 0.6) is 0 Å². The first kappa shape index (κ1) is 10.2. The van der Waals surface area contributed by atoms with Crippen LogP contribution in [0.4, 0.5) is 0 Å². The van der Waals surface area contributed by atoms with E-state index in [2.05, 4.69) is 37.9 Å². The molecule has 1 heteroatoms. The van der Waals surface area contributed by atoms with Crippen LogP contribution in [0.2, 0.25) is 0 Å². The van der Waals surface area contributed by atoms with E-state index in [9.17, 15) is 0 Å². The van der Waals surface area contributed by atoms with Crippen LogP contribution >= 0.6 is 0 Å². The molecular formula is C12H19N. The Balaban J connectivity index is 2.53. The molecule has 1 heterocycles. The van der Waals surface area contributed by atoms with Crippen molar-refractivity contribution in [3.8, 4) is 0 Å². The summed E-state index contributed by atoms with van der Waals surface area (Å²) in [6.45, 7) is 6.86. The third-order valence-corrected chi connectivity index (χ3v) is 2.73. The summed E-state index contributed by atoms with van der Waals surface area (Å²) in [6, 6.07) is 4.24. The van der Waals surface area contributed by atoms with E-state index >= 15 is 0 Å². The fraction of sp³-hybridized carbons (Fsp3) is 0.583. The zero-order valence-corrected chi connectivity index (χ0v) is 8.83. The highest BCUT2D eigenvalue weighted by Gasteiger charge is 2.08. The van der Waals surface area contributed by atoms with E-state index in [0.717, 1.165) is 5.92 Å². The van der Waals surface area contributed by atoms with Crippen molar-refractivity contribution in [1.29, 1.82) is 0 Å². The zero-order chi connectivity index (χ0) is 9.68. The number of pyridine rings is 1. The van der Waals surface area contributed by atoms with Gasteiger partial charge in [-0.1, -0.05) is 27.2 Å². The standard InChI is InChI=1S/C12H19N/c1-4-10(2)9-11(3)12-5-7-13-8-6-12/h5-8,10-11H,4,9H2,1-3H3/t10-,11+/m1/s1. The second-order valence-corrected chi connectivity index (χ2v) is 3.93. The minimum atomic E-state index is 0.665. The molecule has 0 bridgehead atoms. The molecule has 0 spiro atoms. The highest BCUT2D eigenvalue weighted by Crippen LogP contribution is 2.23. The van der Waals surface area contributed by atoms with Crippen molar-refractivity contribution in [1.82, 2.24) is 4.98 Å². The minimum Gasteiger partial charge on any atom is -0.265 e. The monoisotopic (exact) mass is 177 g/mol. The highest BCUT2D eigenvalue weighted by molar-refractivity contribution is 5.14. The van der Waals surface area contributed by atoms with Crippen LogP contribution in [-0.4, -0.2) is 4.98 Å². The van der Waals surface area contributed by atoms with Gasteiger partial charge in [0.25, 0.3) is 0 Å². The van der Waals surface area contributed by atoms with Crippen molar-refractivity contribution in [2.75, 3.05) is 0 Å². The summed E-state index contributed by atoms with van der Waals surface area (Å²) in [6.07, 6.45) is 6.31. The molecular weight excluding hydrogens is 158 g/mol. The van der Waals surface area contributed by atoms with Gasteiger partial charge in [-0.15, -0.1) is 0 Å². The molecule has 1 aromatic heterocycles. The Bertz CT molecular complexity index is 230. The maximum Gasteiger partial charge on any atom is 0.0270 e. The lowest BCUT2D eigenvalue weighted by Crippen LogP contribution is -2.00. The van der Waals surface area contributed by atoms with Gasteiger partial charge in [0, 0.05) is 12.4 Å². The normalized spacial score (nSPS) is 15.3. The Labute approximate surface area is 81.2 Å². The van der Waals surface area contributed by atoms with E-state index in [4.69, 9.17) is 0 Å². The Kier molecular flexibility index (Phi) is 3.94. The first-order valence-corrected chi connectivity index (χ1v) is 5.14. The number of rotatable bonds is 4. The van der Waals surface area contributed by atoms with Gasteiger partial charge in [0.05, 0.1) is 0 Å². The molecule has 0 N–H and O–H groups in total. The van der Waals surface area contributed by atoms with E-state index in [-0.39, 0.29) is 0 Å². The topological polar surface area (TPSA) is 12.9 Å². The van der Waals surface area contributed by atoms with E-state index < -0.39 is 0 Å². The van der Waals surface area contributed by atoms with Gasteiger partial charge in [0.1, 0.15) is 0 Å². The van der Waals surface area contributed by atoms with Crippen molar-refractivity contribution in [2.45, 2.75) is 39.5 Å². The summed E-state index contributed by atoms with van der Waals surface area (Å²) >= 11 is 0. The molecule has 0 aromatic carbocycles. The summed E-state index contributed by atoms with van der Waals surface area (Å²) in [7, 11) is 0. The molecule has 1 aromatic rings. The van der Waals surface area contributed by atoms with Crippen LogP contribution in [0.25, 0.3) is 0 Å². The maximum absolute atomic E-state index is 4.03. The molecule has 72 valence electrons. The van der Waals surface area contributed by atoms with Crippen LogP contribution in [0, 0.1) is 5.92 Å². The second-order valence-electron chi connectivity index (χ2n) is 3.93. The molecule has 0 saturated carbocycles. The minimum absolute atomic E-state index is 0.665. The molecule has 0 saturated heterocycles. The highest BCUT2D eigenvalue weighted by atomic mass is 14.6. The lowest BCUT2D eigenvalue weighted by Gasteiger charge is -2.15. The van der Waals surface area contributed by atoms with E-state index in [0.29, 0.717) is 5.92 Å². The van der Waals surface area contributed by atoms with Crippen molar-refractivity contribution < 1.29 is 0 Å². The molecule has 0 radical (unpaired) electrons. The molecule has 0 aliphatic heterocycles. The van der Waals surface area contributed by atoms with Gasteiger partial charge in [-0.05, 0) is 36.0 Å². The van der Waals surface area contributed by atoms with Crippen molar-refractivity contribution >= 4 is 0 Å². The fourth-order valence-electron chi connectivity index (χ4n) is 1.60. The molecule has 0 amide bonds. The quantitative estimate of drug-likeness (QED) is 0.684. The molecule has 13 heavy (non-hydrogen) atoms. The van der Waals surface area contributed by atoms with E-state index in [1.165, 1.54) is 18.4 Å². The summed E-state index contributed by atoms with van der Waals surface area (Å²) in [5.74, 6) is 1.49. The Morgan fingerprint density at radius 2 is 1.85 bits per heavy atom. The summed E-state index contributed by atoms with van der Waals surface area (Å²) < 4.78 is 0. The van der Waals surface area contributed by atoms with Gasteiger partial charge < -0.3 is 0 Å². The van der Waals surface area contributed by atoms with Crippen molar-refractivity contribution in [2.24, 2.45) is 5.92 Å². The molecule has 1 rings (SSSR count). The van der Waals surface area contributed by atoms with Crippen LogP contribution in [0.1, 0.15) is 45.1 Å². The summed E-state index contributed by atoms with van der Waals surface area (Å²) in [5.41, 5.74) is 1.41. The Hall–Kier alpha value is -0.850. The van der Waals surface area contributed by atoms with E-state index in [1.807, 2.05) is 12.4 Å². The van der Waals surface area contributed by atoms with E-state index in [1.54, 1.807) is 0 Å². The largest absolute Gasteiger partial charge is 0.265 e. The molecule has 0 aliphatic carbocycles. The average molecular weight is 177 g/mol. The number of hydrogen-bond acceptors (Lipinski definition) is 1. The van der Waals surface area contributed by atoms with Crippen LogP contribution in [0.3, 0.4) is 0 Å². The Morgan fingerprint density at radius 3 is 2.38 bits per heavy atom. The predicted octanol–water partition coefficient (Wildman–Crippen LogP) is 3.62. The van der Waals surface area contributed by atoms with Crippen molar-refractivity contribution in [3.63, 3.8) is 0 Å². The SMILES string of the molecule is CC[C@@H](C)C[C@H](C)c1ccncc1. The molecule has 0 aliphatic rings. The summed E-state index contributed by atoms with van der Waals surface area (Å²) in [4.78, 5) is 4.03. The van der Waals surface area contributed by atoms with Gasteiger partial charge in [-0.3, -0.25) is 4.98 Å².